The highest BCUT2D eigenvalue weighted by Gasteiger charge is 2.20. The summed E-state index contributed by atoms with van der Waals surface area (Å²) in [6.45, 7) is 2.17. The zero-order valence-electron chi connectivity index (χ0n) is 10.0. The predicted octanol–water partition coefficient (Wildman–Crippen LogP) is 1.52. The van der Waals surface area contributed by atoms with Crippen LogP contribution in [0.4, 0.5) is 0 Å². The summed E-state index contributed by atoms with van der Waals surface area (Å²) in [7, 11) is 1.57. The van der Waals surface area contributed by atoms with Crippen molar-refractivity contribution in [1.82, 2.24) is 5.01 Å². The number of methoxy groups -OCH3 is 1. The minimum atomic E-state index is -0.153. The smallest absolute Gasteiger partial charge is 0.224 e. The number of amides is 1. The number of nitrogens with two attached hydrogens (primary N) is 1. The zero-order chi connectivity index (χ0) is 12.7. The van der Waals surface area contributed by atoms with E-state index in [1.807, 2.05) is 24.4 Å². The first-order valence-corrected chi connectivity index (χ1v) is 6.19. The lowest BCUT2D eigenvalue weighted by atomic mass is 10.1. The van der Waals surface area contributed by atoms with Gasteiger partial charge in [0.05, 0.1) is 12.1 Å². The van der Waals surface area contributed by atoms with E-state index in [1.54, 1.807) is 18.4 Å². The van der Waals surface area contributed by atoms with Crippen LogP contribution in [0.25, 0.3) is 0 Å². The van der Waals surface area contributed by atoms with E-state index in [9.17, 15) is 4.79 Å². The lowest BCUT2D eigenvalue weighted by Crippen LogP contribution is -2.35. The highest BCUT2D eigenvalue weighted by molar-refractivity contribution is 7.10. The molecular formula is C11H18N2O3S. The average molecular weight is 258 g/mol. The first kappa shape index (κ1) is 14.1. The van der Waals surface area contributed by atoms with Crippen LogP contribution in [0.15, 0.2) is 17.5 Å². The van der Waals surface area contributed by atoms with Crippen molar-refractivity contribution in [2.75, 3.05) is 13.9 Å². The third kappa shape index (κ3) is 4.43. The van der Waals surface area contributed by atoms with E-state index in [0.717, 1.165) is 4.88 Å². The van der Waals surface area contributed by atoms with Crippen LogP contribution in [-0.2, 0) is 14.3 Å². The van der Waals surface area contributed by atoms with E-state index >= 15 is 0 Å². The van der Waals surface area contributed by atoms with Gasteiger partial charge in [-0.1, -0.05) is 6.07 Å². The third-order valence-corrected chi connectivity index (χ3v) is 3.35. The molecule has 5 nitrogen and oxygen atoms in total. The van der Waals surface area contributed by atoms with Crippen LogP contribution in [-0.4, -0.2) is 31.4 Å². The van der Waals surface area contributed by atoms with Gasteiger partial charge in [0.1, 0.15) is 6.79 Å². The highest BCUT2D eigenvalue weighted by Crippen LogP contribution is 2.27. The molecule has 0 aliphatic rings. The number of rotatable bonds is 8. The first-order valence-electron chi connectivity index (χ1n) is 5.31. The van der Waals surface area contributed by atoms with E-state index in [1.165, 1.54) is 5.01 Å². The number of hydrogen-bond donors (Lipinski definition) is 1. The number of nitrogens with zero attached hydrogens (tertiary/aromatic N) is 1. The van der Waals surface area contributed by atoms with Gasteiger partial charge in [0, 0.05) is 18.4 Å². The van der Waals surface area contributed by atoms with Crippen molar-refractivity contribution in [1.29, 1.82) is 0 Å². The Morgan fingerprint density at radius 1 is 1.65 bits per heavy atom. The zero-order valence-corrected chi connectivity index (χ0v) is 10.9. The van der Waals surface area contributed by atoms with Gasteiger partial charge >= 0.3 is 0 Å². The molecular weight excluding hydrogens is 240 g/mol. The molecule has 0 bridgehead atoms. The summed E-state index contributed by atoms with van der Waals surface area (Å²) in [4.78, 5) is 11.8. The molecule has 1 aromatic rings. The maximum atomic E-state index is 10.8. The number of ether oxygens (including phenoxy) is 2. The van der Waals surface area contributed by atoms with Crippen molar-refractivity contribution in [3.8, 4) is 0 Å². The molecule has 0 spiro atoms. The molecule has 0 saturated heterocycles. The highest BCUT2D eigenvalue weighted by atomic mass is 32.1. The molecule has 1 rings (SSSR count). The third-order valence-electron chi connectivity index (χ3n) is 2.38. The molecule has 1 aromatic heterocycles. The molecule has 0 fully saturated rings. The second kappa shape index (κ2) is 7.39. The van der Waals surface area contributed by atoms with Gasteiger partial charge in [-0.2, -0.15) is 0 Å². The second-order valence-corrected chi connectivity index (χ2v) is 4.68. The Kier molecular flexibility index (Phi) is 6.13. The van der Waals surface area contributed by atoms with Crippen LogP contribution in [0.2, 0.25) is 0 Å². The number of carbonyl (C=O) groups excluding carboxylic acids is 1. The van der Waals surface area contributed by atoms with Gasteiger partial charge in [-0.3, -0.25) is 9.80 Å². The SMILES string of the molecule is COCOC(C)CC(c1cccs1)N(N)C=O. The van der Waals surface area contributed by atoms with Crippen LogP contribution >= 0.6 is 11.3 Å². The van der Waals surface area contributed by atoms with Gasteiger partial charge in [-0.05, 0) is 18.4 Å². The summed E-state index contributed by atoms with van der Waals surface area (Å²) in [6.07, 6.45) is 1.24. The van der Waals surface area contributed by atoms with E-state index < -0.39 is 0 Å². The van der Waals surface area contributed by atoms with Gasteiger partial charge in [0.15, 0.2) is 0 Å². The molecule has 0 saturated carbocycles. The quantitative estimate of drug-likeness (QED) is 0.252. The minimum Gasteiger partial charge on any atom is -0.359 e. The molecule has 0 aliphatic heterocycles. The summed E-state index contributed by atoms with van der Waals surface area (Å²) in [5.74, 6) is 5.67. The van der Waals surface area contributed by atoms with Gasteiger partial charge in [0.2, 0.25) is 6.41 Å². The molecule has 17 heavy (non-hydrogen) atoms. The van der Waals surface area contributed by atoms with E-state index in [4.69, 9.17) is 15.3 Å². The summed E-state index contributed by atoms with van der Waals surface area (Å²) in [6, 6.07) is 3.74. The Morgan fingerprint density at radius 3 is 2.94 bits per heavy atom. The maximum Gasteiger partial charge on any atom is 0.224 e. The largest absolute Gasteiger partial charge is 0.359 e. The monoisotopic (exact) mass is 258 g/mol. The van der Waals surface area contributed by atoms with Crippen molar-refractivity contribution < 1.29 is 14.3 Å². The van der Waals surface area contributed by atoms with Crippen molar-refractivity contribution in [2.24, 2.45) is 5.84 Å². The first-order chi connectivity index (χ1) is 8.19. The molecule has 1 heterocycles. The molecule has 0 aromatic carbocycles. The van der Waals surface area contributed by atoms with Crippen LogP contribution in [0.5, 0.6) is 0 Å². The predicted molar refractivity (Wildman–Crippen MR) is 66.2 cm³/mol. The van der Waals surface area contributed by atoms with Crippen molar-refractivity contribution >= 4 is 17.7 Å². The minimum absolute atomic E-state index is 0.0342. The Hall–Kier alpha value is -0.950. The topological polar surface area (TPSA) is 64.8 Å². The molecule has 2 unspecified atom stereocenters. The number of carbonyl (C=O) groups is 1. The maximum absolute atomic E-state index is 10.8. The van der Waals surface area contributed by atoms with E-state index in [-0.39, 0.29) is 18.9 Å². The van der Waals surface area contributed by atoms with Crippen LogP contribution < -0.4 is 5.84 Å². The van der Waals surface area contributed by atoms with Gasteiger partial charge < -0.3 is 9.47 Å². The van der Waals surface area contributed by atoms with Gasteiger partial charge in [-0.25, -0.2) is 5.84 Å². The van der Waals surface area contributed by atoms with Crippen LogP contribution in [0, 0.1) is 0 Å². The Bertz CT molecular complexity index is 319. The summed E-state index contributed by atoms with van der Waals surface area (Å²) >= 11 is 1.57. The molecule has 0 aliphatic carbocycles. The molecule has 2 N–H and O–H groups in total. The molecule has 96 valence electrons. The number of hydrazine groups is 1. The molecule has 0 radical (unpaired) electrons. The Labute approximate surface area is 105 Å². The van der Waals surface area contributed by atoms with Gasteiger partial charge in [-0.15, -0.1) is 11.3 Å². The molecule has 2 atom stereocenters. The molecule has 1 amide bonds. The standard InChI is InChI=1S/C11H18N2O3S/c1-9(16-8-15-2)6-10(13(12)7-14)11-4-3-5-17-11/h3-5,7,9-10H,6,8,12H2,1-2H3. The fourth-order valence-corrected chi connectivity index (χ4v) is 2.35. The lowest BCUT2D eigenvalue weighted by Gasteiger charge is -2.25. The summed E-state index contributed by atoms with van der Waals surface area (Å²) < 4.78 is 10.2. The molecule has 6 heteroatoms. The fraction of sp³-hybridized carbons (Fsp3) is 0.545. The summed E-state index contributed by atoms with van der Waals surface area (Å²) in [5, 5.41) is 3.14. The van der Waals surface area contributed by atoms with E-state index in [0.29, 0.717) is 12.8 Å². The van der Waals surface area contributed by atoms with Crippen molar-refractivity contribution in [3.05, 3.63) is 22.4 Å². The normalized spacial score (nSPS) is 14.3. The summed E-state index contributed by atoms with van der Waals surface area (Å²) in [5.41, 5.74) is 0. The fourth-order valence-electron chi connectivity index (χ4n) is 1.51. The van der Waals surface area contributed by atoms with Crippen molar-refractivity contribution in [3.63, 3.8) is 0 Å². The van der Waals surface area contributed by atoms with Crippen LogP contribution in [0.3, 0.4) is 0 Å². The van der Waals surface area contributed by atoms with Gasteiger partial charge in [0.25, 0.3) is 0 Å². The second-order valence-electron chi connectivity index (χ2n) is 3.70. The Morgan fingerprint density at radius 2 is 2.41 bits per heavy atom. The van der Waals surface area contributed by atoms with Crippen LogP contribution in [0.1, 0.15) is 24.3 Å². The van der Waals surface area contributed by atoms with E-state index in [2.05, 4.69) is 0 Å². The number of thiophene rings is 1. The average Bonchev–Trinajstić information content (AvgIpc) is 2.86. The number of hydrogen-bond acceptors (Lipinski definition) is 5. The lowest BCUT2D eigenvalue weighted by molar-refractivity contribution is -0.122. The van der Waals surface area contributed by atoms with Crippen molar-refractivity contribution in [2.45, 2.75) is 25.5 Å². The Balaban J connectivity index is 2.61.